The van der Waals surface area contributed by atoms with E-state index in [4.69, 9.17) is 9.47 Å². The number of Topliss-reactive ketones (excluding diaryl/α,β-unsaturated/α-hetero) is 1. The van der Waals surface area contributed by atoms with Crippen LogP contribution in [0.25, 0.3) is 0 Å². The molecule has 0 radical (unpaired) electrons. The second-order valence-corrected chi connectivity index (χ2v) is 6.77. The van der Waals surface area contributed by atoms with E-state index in [-0.39, 0.29) is 18.5 Å². The maximum absolute atomic E-state index is 12.5. The first-order chi connectivity index (χ1) is 13.0. The Morgan fingerprint density at radius 1 is 1.26 bits per heavy atom. The van der Waals surface area contributed by atoms with Gasteiger partial charge in [0.2, 0.25) is 5.78 Å². The van der Waals surface area contributed by atoms with Gasteiger partial charge in [0.25, 0.3) is 0 Å². The number of rotatable bonds is 7. The maximum Gasteiger partial charge on any atom is 0.338 e. The predicted octanol–water partition coefficient (Wildman–Crippen LogP) is 3.14. The Labute approximate surface area is 158 Å². The van der Waals surface area contributed by atoms with Crippen molar-refractivity contribution in [1.29, 1.82) is 0 Å². The van der Waals surface area contributed by atoms with Crippen LogP contribution in [0.5, 0.6) is 0 Å². The van der Waals surface area contributed by atoms with Gasteiger partial charge in [-0.1, -0.05) is 12.1 Å². The van der Waals surface area contributed by atoms with E-state index < -0.39 is 5.97 Å². The first-order valence-corrected chi connectivity index (χ1v) is 9.03. The summed E-state index contributed by atoms with van der Waals surface area (Å²) in [5, 5.41) is 0. The lowest BCUT2D eigenvalue weighted by molar-refractivity contribution is 0.0474. The molecule has 0 aliphatic carbocycles. The van der Waals surface area contributed by atoms with E-state index in [1.807, 2.05) is 19.9 Å². The van der Waals surface area contributed by atoms with Crippen LogP contribution in [0.1, 0.15) is 55.3 Å². The molecule has 0 unspecified atom stereocenters. The lowest BCUT2D eigenvalue weighted by Gasteiger charge is -2.14. The van der Waals surface area contributed by atoms with E-state index in [1.54, 1.807) is 0 Å². The molecule has 1 aromatic heterocycles. The normalized spacial score (nSPS) is 16.3. The van der Waals surface area contributed by atoms with Gasteiger partial charge in [-0.2, -0.15) is 0 Å². The van der Waals surface area contributed by atoms with E-state index in [9.17, 15) is 14.4 Å². The van der Waals surface area contributed by atoms with Crippen LogP contribution in [-0.4, -0.2) is 41.9 Å². The summed E-state index contributed by atoms with van der Waals surface area (Å²) in [6.07, 6.45) is 2.98. The first-order valence-electron chi connectivity index (χ1n) is 9.03. The zero-order valence-corrected chi connectivity index (χ0v) is 15.6. The van der Waals surface area contributed by atoms with Crippen molar-refractivity contribution in [2.45, 2.75) is 39.3 Å². The van der Waals surface area contributed by atoms with Gasteiger partial charge in [0.05, 0.1) is 11.7 Å². The molecule has 2 heterocycles. The molecule has 3 rings (SSSR count). The SMILES string of the molecule is Cc1cc(C(=O)COC(=O)c2ccc(C=O)cc2)c(C)n1C[C@@H]1CCCO1. The van der Waals surface area contributed by atoms with Gasteiger partial charge in [-0.25, -0.2) is 4.79 Å². The lowest BCUT2D eigenvalue weighted by atomic mass is 10.1. The van der Waals surface area contributed by atoms with Crippen molar-refractivity contribution in [3.8, 4) is 0 Å². The van der Waals surface area contributed by atoms with Crippen molar-refractivity contribution in [3.05, 3.63) is 58.4 Å². The van der Waals surface area contributed by atoms with Gasteiger partial charge in [0, 0.05) is 35.7 Å². The number of carbonyl (C=O) groups is 3. The second kappa shape index (κ2) is 8.31. The number of aldehydes is 1. The largest absolute Gasteiger partial charge is 0.454 e. The monoisotopic (exact) mass is 369 g/mol. The number of aromatic nitrogens is 1. The van der Waals surface area contributed by atoms with E-state index in [2.05, 4.69) is 4.57 Å². The number of esters is 1. The highest BCUT2D eigenvalue weighted by molar-refractivity contribution is 6.00. The molecule has 1 aliphatic rings. The molecule has 1 aromatic carbocycles. The molecule has 0 spiro atoms. The van der Waals surface area contributed by atoms with Gasteiger partial charge in [-0.3, -0.25) is 9.59 Å². The minimum atomic E-state index is -0.589. The van der Waals surface area contributed by atoms with Crippen LogP contribution in [0, 0.1) is 13.8 Å². The van der Waals surface area contributed by atoms with Crippen molar-refractivity contribution in [2.75, 3.05) is 13.2 Å². The third-order valence-electron chi connectivity index (χ3n) is 4.90. The molecule has 142 valence electrons. The molecule has 1 saturated heterocycles. The number of aryl methyl sites for hydroxylation is 1. The minimum absolute atomic E-state index is 0.185. The number of benzene rings is 1. The number of hydrogen-bond acceptors (Lipinski definition) is 5. The molecule has 6 nitrogen and oxygen atoms in total. The lowest BCUT2D eigenvalue weighted by Crippen LogP contribution is -2.18. The summed E-state index contributed by atoms with van der Waals surface area (Å²) in [7, 11) is 0. The van der Waals surface area contributed by atoms with Gasteiger partial charge >= 0.3 is 5.97 Å². The second-order valence-electron chi connectivity index (χ2n) is 6.77. The summed E-state index contributed by atoms with van der Waals surface area (Å²) >= 11 is 0. The molecular weight excluding hydrogens is 346 g/mol. The predicted molar refractivity (Wildman–Crippen MR) is 99.3 cm³/mol. The summed E-state index contributed by atoms with van der Waals surface area (Å²) < 4.78 is 12.9. The third kappa shape index (κ3) is 4.34. The Kier molecular flexibility index (Phi) is 5.86. The van der Waals surface area contributed by atoms with E-state index >= 15 is 0 Å². The Balaban J connectivity index is 1.63. The molecule has 0 amide bonds. The van der Waals surface area contributed by atoms with Crippen LogP contribution >= 0.6 is 0 Å². The molecule has 6 heteroatoms. The molecule has 0 saturated carbocycles. The summed E-state index contributed by atoms with van der Waals surface area (Å²) in [4.78, 5) is 35.3. The molecule has 0 bridgehead atoms. The standard InChI is InChI=1S/C21H23NO5/c1-14-10-19(15(2)22(14)11-18-4-3-9-26-18)20(24)13-27-21(25)17-7-5-16(12-23)6-8-17/h5-8,10,12,18H,3-4,9,11,13H2,1-2H3/t18-/m0/s1. The number of carbonyl (C=O) groups excluding carboxylic acids is 3. The fraction of sp³-hybridized carbons (Fsp3) is 0.381. The van der Waals surface area contributed by atoms with Gasteiger partial charge in [0.1, 0.15) is 6.29 Å². The number of ketones is 1. The zero-order chi connectivity index (χ0) is 19.4. The first kappa shape index (κ1) is 19.0. The number of hydrogen-bond donors (Lipinski definition) is 0. The van der Waals surface area contributed by atoms with Crippen molar-refractivity contribution in [2.24, 2.45) is 0 Å². The smallest absolute Gasteiger partial charge is 0.338 e. The summed E-state index contributed by atoms with van der Waals surface area (Å²) in [6.45, 7) is 5.06. The highest BCUT2D eigenvalue weighted by Crippen LogP contribution is 2.21. The Bertz CT molecular complexity index is 844. The average Bonchev–Trinajstić information content (AvgIpc) is 3.29. The van der Waals surface area contributed by atoms with Crippen molar-refractivity contribution in [3.63, 3.8) is 0 Å². The van der Waals surface area contributed by atoms with Crippen LogP contribution in [0.2, 0.25) is 0 Å². The Morgan fingerprint density at radius 2 is 2.00 bits per heavy atom. The van der Waals surface area contributed by atoms with Crippen LogP contribution in [-0.2, 0) is 16.0 Å². The van der Waals surface area contributed by atoms with Crippen molar-refractivity contribution in [1.82, 2.24) is 4.57 Å². The van der Waals surface area contributed by atoms with E-state index in [0.717, 1.165) is 37.4 Å². The van der Waals surface area contributed by atoms with E-state index in [0.29, 0.717) is 23.0 Å². The molecule has 1 aliphatic heterocycles. The molecule has 1 atom stereocenters. The average molecular weight is 369 g/mol. The quantitative estimate of drug-likeness (QED) is 0.426. The van der Waals surface area contributed by atoms with Gasteiger partial charge < -0.3 is 14.0 Å². The number of ether oxygens (including phenoxy) is 2. The summed E-state index contributed by atoms with van der Waals surface area (Å²) in [6, 6.07) is 7.90. The van der Waals surface area contributed by atoms with Gasteiger partial charge in [-0.15, -0.1) is 0 Å². The summed E-state index contributed by atoms with van der Waals surface area (Å²) in [5.41, 5.74) is 3.19. The topological polar surface area (TPSA) is 74.6 Å². The van der Waals surface area contributed by atoms with Crippen LogP contribution < -0.4 is 0 Å². The van der Waals surface area contributed by atoms with Crippen molar-refractivity contribution >= 4 is 18.0 Å². The molecular formula is C21H23NO5. The van der Waals surface area contributed by atoms with E-state index in [1.165, 1.54) is 24.3 Å². The zero-order valence-electron chi connectivity index (χ0n) is 15.6. The highest BCUT2D eigenvalue weighted by Gasteiger charge is 2.21. The van der Waals surface area contributed by atoms with Crippen molar-refractivity contribution < 1.29 is 23.9 Å². The Hall–Kier alpha value is -2.73. The maximum atomic E-state index is 12.5. The number of nitrogens with zero attached hydrogens (tertiary/aromatic N) is 1. The molecule has 2 aromatic rings. The summed E-state index contributed by atoms with van der Waals surface area (Å²) in [5.74, 6) is -0.825. The fourth-order valence-corrected chi connectivity index (χ4v) is 3.35. The highest BCUT2D eigenvalue weighted by atomic mass is 16.5. The third-order valence-corrected chi connectivity index (χ3v) is 4.90. The minimum Gasteiger partial charge on any atom is -0.454 e. The molecule has 0 N–H and O–H groups in total. The molecule has 27 heavy (non-hydrogen) atoms. The van der Waals surface area contributed by atoms with Gasteiger partial charge in [0.15, 0.2) is 6.61 Å². The van der Waals surface area contributed by atoms with Crippen LogP contribution in [0.4, 0.5) is 0 Å². The Morgan fingerprint density at radius 3 is 2.63 bits per heavy atom. The van der Waals surface area contributed by atoms with Crippen LogP contribution in [0.15, 0.2) is 30.3 Å². The van der Waals surface area contributed by atoms with Gasteiger partial charge in [-0.05, 0) is 44.9 Å². The fourth-order valence-electron chi connectivity index (χ4n) is 3.35. The van der Waals surface area contributed by atoms with Crippen LogP contribution in [0.3, 0.4) is 0 Å². The molecule has 1 fully saturated rings.